The Morgan fingerprint density at radius 3 is 2.72 bits per heavy atom. The predicted octanol–water partition coefficient (Wildman–Crippen LogP) is 4.48. The molecule has 3 aromatic rings. The highest BCUT2D eigenvalue weighted by atomic mass is 32.1. The van der Waals surface area contributed by atoms with E-state index < -0.39 is 0 Å². The van der Waals surface area contributed by atoms with Gasteiger partial charge in [0.2, 0.25) is 16.0 Å². The fraction of sp³-hybridized carbons (Fsp3) is 0.577. The van der Waals surface area contributed by atoms with Gasteiger partial charge in [0, 0.05) is 31.2 Å². The second-order valence-corrected chi connectivity index (χ2v) is 11.8. The Morgan fingerprint density at radius 2 is 2.03 bits per heavy atom. The van der Waals surface area contributed by atoms with Gasteiger partial charge in [0.05, 0.1) is 6.54 Å². The maximum Gasteiger partial charge on any atom is 0.239 e. The Bertz CT molecular complexity index is 1170. The van der Waals surface area contributed by atoms with Gasteiger partial charge in [0.15, 0.2) is 5.82 Å². The number of imidazole rings is 1. The molecule has 0 unspecified atom stereocenters. The first-order valence-electron chi connectivity index (χ1n) is 12.7. The molecule has 0 spiro atoms. The Kier molecular flexibility index (Phi) is 8.14. The number of hydrogen-bond acceptors (Lipinski definition) is 7. The lowest BCUT2D eigenvalue weighted by atomic mass is 10.0. The van der Waals surface area contributed by atoms with Gasteiger partial charge in [-0.05, 0) is 83.3 Å². The number of carbonyl (C=O) groups is 1. The summed E-state index contributed by atoms with van der Waals surface area (Å²) in [6.07, 6.45) is 3.55. The molecule has 2 N–H and O–H groups in total. The van der Waals surface area contributed by atoms with Crippen molar-refractivity contribution >= 4 is 33.2 Å². The number of nitrogens with one attached hydrogen (secondary N) is 2. The fourth-order valence-electron chi connectivity index (χ4n) is 4.53. The van der Waals surface area contributed by atoms with Crippen molar-refractivity contribution in [1.29, 1.82) is 0 Å². The number of hydrogen-bond donors (Lipinski definition) is 2. The normalized spacial score (nSPS) is 16.9. The zero-order valence-electron chi connectivity index (χ0n) is 22.0. The molecule has 1 atom stereocenters. The molecule has 0 aliphatic carbocycles. The van der Waals surface area contributed by atoms with Crippen molar-refractivity contribution in [2.24, 2.45) is 5.92 Å². The molecule has 0 radical (unpaired) electrons. The van der Waals surface area contributed by atoms with E-state index in [-0.39, 0.29) is 23.8 Å². The number of aromatic nitrogens is 3. The Balaban J connectivity index is 1.39. The molecule has 4 rings (SSSR count). The molecule has 0 bridgehead atoms. The van der Waals surface area contributed by atoms with Crippen LogP contribution < -0.4 is 15.5 Å². The van der Waals surface area contributed by atoms with Crippen LogP contribution in [0.2, 0.25) is 0 Å². The minimum atomic E-state index is -0.286. The molecule has 196 valence electrons. The first kappa shape index (κ1) is 26.3. The molecule has 8 nitrogen and oxygen atoms in total. The van der Waals surface area contributed by atoms with Crippen LogP contribution >= 0.6 is 11.3 Å². The van der Waals surface area contributed by atoms with Crippen LogP contribution in [-0.2, 0) is 4.79 Å². The van der Waals surface area contributed by atoms with E-state index in [1.807, 2.05) is 11.9 Å². The molecular weight excluding hydrogens is 477 g/mol. The Labute approximate surface area is 216 Å². The van der Waals surface area contributed by atoms with Crippen molar-refractivity contribution in [1.82, 2.24) is 24.8 Å². The average Bonchev–Trinajstić information content (AvgIpc) is 3.36. The van der Waals surface area contributed by atoms with Gasteiger partial charge in [0.25, 0.3) is 0 Å². The highest BCUT2D eigenvalue weighted by Gasteiger charge is 2.23. The van der Waals surface area contributed by atoms with Gasteiger partial charge in [-0.2, -0.15) is 4.52 Å². The van der Waals surface area contributed by atoms with E-state index >= 15 is 0 Å². The molecule has 2 aromatic heterocycles. The van der Waals surface area contributed by atoms with E-state index in [1.165, 1.54) is 42.9 Å². The number of amides is 1. The summed E-state index contributed by atoms with van der Waals surface area (Å²) in [5.41, 5.74) is 1.31. The van der Waals surface area contributed by atoms with Crippen LogP contribution in [0.3, 0.4) is 0 Å². The average molecular weight is 516 g/mol. The second-order valence-electron chi connectivity index (χ2n) is 10.9. The Hall–Kier alpha value is -2.72. The number of piperidine rings is 1. The molecule has 1 amide bonds. The third-order valence-electron chi connectivity index (χ3n) is 6.23. The zero-order valence-corrected chi connectivity index (χ0v) is 22.8. The van der Waals surface area contributed by atoms with Crippen molar-refractivity contribution in [3.05, 3.63) is 30.1 Å². The standard InChI is InChI=1S/C26H38FN7OS/c1-18-8-6-14-33(16-18)15-7-13-28-21(35)17-32(5)25-31-34-23(30-26(2,3)4)22(29-24(34)36-25)19-9-11-20(27)12-10-19/h9-12,18,30H,6-8,13-17H2,1-5H3,(H,28,35)/t18-/m0/s1. The lowest BCUT2D eigenvalue weighted by Crippen LogP contribution is -2.38. The number of anilines is 2. The van der Waals surface area contributed by atoms with Gasteiger partial charge in [-0.25, -0.2) is 9.37 Å². The topological polar surface area (TPSA) is 77.8 Å². The van der Waals surface area contributed by atoms with Crippen LogP contribution in [0, 0.1) is 11.7 Å². The summed E-state index contributed by atoms with van der Waals surface area (Å²) in [5.74, 6) is 1.22. The Morgan fingerprint density at radius 1 is 1.28 bits per heavy atom. The highest BCUT2D eigenvalue weighted by Crippen LogP contribution is 2.34. The first-order chi connectivity index (χ1) is 17.1. The third-order valence-corrected chi connectivity index (χ3v) is 7.25. The zero-order chi connectivity index (χ0) is 25.9. The summed E-state index contributed by atoms with van der Waals surface area (Å²) in [7, 11) is 1.87. The number of nitrogens with zero attached hydrogens (tertiary/aromatic N) is 5. The SMILES string of the molecule is C[C@H]1CCCN(CCCNC(=O)CN(C)c2nn3c(NC(C)(C)C)c(-c4ccc(F)cc4)nc3s2)C1. The molecule has 1 aliphatic heterocycles. The van der Waals surface area contributed by atoms with Gasteiger partial charge in [-0.15, -0.1) is 5.10 Å². The highest BCUT2D eigenvalue weighted by molar-refractivity contribution is 7.20. The molecule has 36 heavy (non-hydrogen) atoms. The van der Waals surface area contributed by atoms with Crippen LogP contribution in [0.5, 0.6) is 0 Å². The van der Waals surface area contributed by atoms with Crippen molar-refractivity contribution < 1.29 is 9.18 Å². The number of rotatable bonds is 9. The number of fused-ring (bicyclic) bond motifs is 1. The molecule has 10 heteroatoms. The summed E-state index contributed by atoms with van der Waals surface area (Å²) in [6.45, 7) is 12.8. The van der Waals surface area contributed by atoms with Gasteiger partial charge in [-0.1, -0.05) is 18.3 Å². The largest absolute Gasteiger partial charge is 0.364 e. The molecule has 1 aliphatic rings. The molecule has 3 heterocycles. The minimum absolute atomic E-state index is 0.0163. The molecule has 1 fully saturated rings. The summed E-state index contributed by atoms with van der Waals surface area (Å²) >= 11 is 1.42. The van der Waals surface area contributed by atoms with Gasteiger partial charge in [0.1, 0.15) is 11.5 Å². The molecule has 0 saturated carbocycles. The van der Waals surface area contributed by atoms with E-state index in [0.29, 0.717) is 16.6 Å². The summed E-state index contributed by atoms with van der Waals surface area (Å²) in [6, 6.07) is 6.31. The molecule has 1 aromatic carbocycles. The maximum atomic E-state index is 13.5. The van der Waals surface area contributed by atoms with E-state index in [0.717, 1.165) is 42.5 Å². The number of benzene rings is 1. The van der Waals surface area contributed by atoms with Crippen LogP contribution in [0.4, 0.5) is 15.3 Å². The van der Waals surface area contributed by atoms with Crippen LogP contribution in [0.15, 0.2) is 24.3 Å². The number of halogens is 1. The van der Waals surface area contributed by atoms with Crippen LogP contribution in [0.1, 0.15) is 47.0 Å². The fourth-order valence-corrected chi connectivity index (χ4v) is 5.39. The monoisotopic (exact) mass is 515 g/mol. The second kappa shape index (κ2) is 11.1. The van der Waals surface area contributed by atoms with Gasteiger partial charge >= 0.3 is 0 Å². The molecule has 1 saturated heterocycles. The minimum Gasteiger partial charge on any atom is -0.364 e. The number of likely N-dealkylation sites (N-methyl/N-ethyl adjacent to an activating group) is 1. The van der Waals surface area contributed by atoms with E-state index in [1.54, 1.807) is 16.6 Å². The predicted molar refractivity (Wildman–Crippen MR) is 145 cm³/mol. The van der Waals surface area contributed by atoms with Crippen molar-refractivity contribution in [2.75, 3.05) is 50.0 Å². The third kappa shape index (κ3) is 6.73. The van der Waals surface area contributed by atoms with Crippen LogP contribution in [0.25, 0.3) is 16.2 Å². The van der Waals surface area contributed by atoms with Crippen molar-refractivity contribution in [3.63, 3.8) is 0 Å². The smallest absolute Gasteiger partial charge is 0.239 e. The maximum absolute atomic E-state index is 13.5. The quantitative estimate of drug-likeness (QED) is 0.409. The lowest BCUT2D eigenvalue weighted by molar-refractivity contribution is -0.119. The van der Waals surface area contributed by atoms with E-state index in [9.17, 15) is 9.18 Å². The van der Waals surface area contributed by atoms with Gasteiger partial charge < -0.3 is 20.4 Å². The number of likely N-dealkylation sites (tertiary alicyclic amines) is 1. The van der Waals surface area contributed by atoms with Crippen molar-refractivity contribution in [3.8, 4) is 11.3 Å². The molecular formula is C26H38FN7OS. The van der Waals surface area contributed by atoms with Crippen molar-refractivity contribution in [2.45, 2.75) is 52.5 Å². The summed E-state index contributed by atoms with van der Waals surface area (Å²) in [4.78, 5) is 22.4. The summed E-state index contributed by atoms with van der Waals surface area (Å²) in [5, 5.41) is 12.0. The van der Waals surface area contributed by atoms with E-state index in [4.69, 9.17) is 10.1 Å². The summed E-state index contributed by atoms with van der Waals surface area (Å²) < 4.78 is 15.2. The van der Waals surface area contributed by atoms with Crippen LogP contribution in [-0.4, -0.2) is 70.7 Å². The van der Waals surface area contributed by atoms with Gasteiger partial charge in [-0.3, -0.25) is 4.79 Å². The lowest BCUT2D eigenvalue weighted by Gasteiger charge is -2.30. The van der Waals surface area contributed by atoms with E-state index in [2.05, 4.69) is 43.2 Å². The first-order valence-corrected chi connectivity index (χ1v) is 13.5. The number of carbonyl (C=O) groups excluding carboxylic acids is 1.